The van der Waals surface area contributed by atoms with Crippen LogP contribution in [0.4, 0.5) is 0 Å². The van der Waals surface area contributed by atoms with Crippen LogP contribution < -0.4 is 0 Å². The van der Waals surface area contributed by atoms with E-state index in [0.29, 0.717) is 6.42 Å². The molecule has 0 atom stereocenters. The molecular weight excluding hydrogens is 284 g/mol. The van der Waals surface area contributed by atoms with Gasteiger partial charge in [0.25, 0.3) is 0 Å². The molecule has 0 saturated carbocycles. The van der Waals surface area contributed by atoms with Gasteiger partial charge in [-0.25, -0.2) is 4.98 Å². The highest BCUT2D eigenvalue weighted by Gasteiger charge is 2.05. The first-order chi connectivity index (χ1) is 6.75. The Morgan fingerprint density at radius 1 is 1.36 bits per heavy atom. The van der Waals surface area contributed by atoms with E-state index in [1.807, 2.05) is 24.3 Å². The van der Waals surface area contributed by atoms with Crippen LogP contribution in [0.2, 0.25) is 5.02 Å². The molecule has 0 unspecified atom stereocenters. The van der Waals surface area contributed by atoms with Gasteiger partial charge in [-0.2, -0.15) is 4.37 Å². The highest BCUT2D eigenvalue weighted by atomic mass is 79.9. The lowest BCUT2D eigenvalue weighted by atomic mass is 10.1. The number of hydrogen-bond donors (Lipinski definition) is 0. The summed E-state index contributed by atoms with van der Waals surface area (Å²) in [5.41, 5.74) is 1.06. The Labute approximate surface area is 99.2 Å². The molecular formula is C9H6BrClN2S. The lowest BCUT2D eigenvalue weighted by Gasteiger charge is -1.99. The number of hydrogen-bond acceptors (Lipinski definition) is 3. The number of rotatable bonds is 2. The van der Waals surface area contributed by atoms with Gasteiger partial charge in [-0.1, -0.05) is 29.8 Å². The van der Waals surface area contributed by atoms with Crippen molar-refractivity contribution in [2.75, 3.05) is 0 Å². The zero-order valence-electron chi connectivity index (χ0n) is 7.08. The molecule has 2 rings (SSSR count). The standard InChI is InChI=1S/C9H6BrClN2S/c10-9-12-8(13-14-9)5-6-3-1-2-4-7(6)11/h1-4H,5H2. The Kier molecular flexibility index (Phi) is 3.15. The molecule has 14 heavy (non-hydrogen) atoms. The molecule has 2 nitrogen and oxygen atoms in total. The Balaban J connectivity index is 2.23. The van der Waals surface area contributed by atoms with E-state index in [2.05, 4.69) is 25.3 Å². The van der Waals surface area contributed by atoms with Crippen LogP contribution in [0.15, 0.2) is 28.2 Å². The third-order valence-corrected chi connectivity index (χ3v) is 3.27. The number of nitrogens with zero attached hydrogens (tertiary/aromatic N) is 2. The third kappa shape index (κ3) is 2.32. The van der Waals surface area contributed by atoms with Crippen molar-refractivity contribution in [3.63, 3.8) is 0 Å². The van der Waals surface area contributed by atoms with Gasteiger partial charge in [-0.3, -0.25) is 0 Å². The molecule has 72 valence electrons. The fraction of sp³-hybridized carbons (Fsp3) is 0.111. The highest BCUT2D eigenvalue weighted by Crippen LogP contribution is 2.19. The van der Waals surface area contributed by atoms with E-state index in [9.17, 15) is 0 Å². The Morgan fingerprint density at radius 2 is 2.14 bits per heavy atom. The topological polar surface area (TPSA) is 25.8 Å². The maximum atomic E-state index is 6.02. The van der Waals surface area contributed by atoms with Gasteiger partial charge in [0.15, 0.2) is 3.92 Å². The van der Waals surface area contributed by atoms with E-state index in [4.69, 9.17) is 11.6 Å². The summed E-state index contributed by atoms with van der Waals surface area (Å²) >= 11 is 10.6. The summed E-state index contributed by atoms with van der Waals surface area (Å²) < 4.78 is 4.98. The van der Waals surface area contributed by atoms with E-state index in [0.717, 1.165) is 20.3 Å². The van der Waals surface area contributed by atoms with Crippen molar-refractivity contribution in [3.05, 3.63) is 44.6 Å². The molecule has 0 spiro atoms. The van der Waals surface area contributed by atoms with Crippen LogP contribution in [0.3, 0.4) is 0 Å². The average Bonchev–Trinajstić information content (AvgIpc) is 2.56. The fourth-order valence-corrected chi connectivity index (χ4v) is 2.17. The number of halogens is 2. The molecule has 0 N–H and O–H groups in total. The maximum Gasteiger partial charge on any atom is 0.179 e. The Bertz CT molecular complexity index is 444. The first-order valence-corrected chi connectivity index (χ1v) is 5.91. The van der Waals surface area contributed by atoms with Crippen LogP contribution in [0.5, 0.6) is 0 Å². The summed E-state index contributed by atoms with van der Waals surface area (Å²) in [4.78, 5) is 4.21. The van der Waals surface area contributed by atoms with Crippen molar-refractivity contribution in [1.82, 2.24) is 9.36 Å². The zero-order valence-corrected chi connectivity index (χ0v) is 10.2. The molecule has 0 aliphatic heterocycles. The predicted octanol–water partition coefficient (Wildman–Crippen LogP) is 3.54. The molecule has 0 aliphatic carbocycles. The van der Waals surface area contributed by atoms with Gasteiger partial charge >= 0.3 is 0 Å². The van der Waals surface area contributed by atoms with Gasteiger partial charge in [0.2, 0.25) is 0 Å². The highest BCUT2D eigenvalue weighted by molar-refractivity contribution is 9.11. The van der Waals surface area contributed by atoms with E-state index >= 15 is 0 Å². The second kappa shape index (κ2) is 4.38. The van der Waals surface area contributed by atoms with E-state index in [-0.39, 0.29) is 0 Å². The van der Waals surface area contributed by atoms with Crippen LogP contribution in [0.25, 0.3) is 0 Å². The molecule has 0 saturated heterocycles. The summed E-state index contributed by atoms with van der Waals surface area (Å²) in [6, 6.07) is 7.73. The quantitative estimate of drug-likeness (QED) is 0.845. The summed E-state index contributed by atoms with van der Waals surface area (Å²) in [5, 5.41) is 0.762. The summed E-state index contributed by atoms with van der Waals surface area (Å²) in [6.45, 7) is 0. The summed E-state index contributed by atoms with van der Waals surface area (Å²) in [5.74, 6) is 0.801. The lowest BCUT2D eigenvalue weighted by Crippen LogP contribution is -1.90. The molecule has 0 amide bonds. The largest absolute Gasteiger partial charge is 0.212 e. The van der Waals surface area contributed by atoms with Crippen molar-refractivity contribution in [3.8, 4) is 0 Å². The average molecular weight is 290 g/mol. The van der Waals surface area contributed by atoms with Crippen LogP contribution in [-0.2, 0) is 6.42 Å². The van der Waals surface area contributed by atoms with Crippen LogP contribution >= 0.6 is 39.1 Å². The Hall–Kier alpha value is -0.450. The van der Waals surface area contributed by atoms with E-state index in [1.54, 1.807) is 0 Å². The normalized spacial score (nSPS) is 10.4. The van der Waals surface area contributed by atoms with Crippen molar-refractivity contribution < 1.29 is 0 Å². The minimum Gasteiger partial charge on any atom is -0.212 e. The molecule has 0 bridgehead atoms. The first kappa shape index (κ1) is 10.1. The molecule has 5 heteroatoms. The molecule has 0 radical (unpaired) electrons. The van der Waals surface area contributed by atoms with E-state index < -0.39 is 0 Å². The molecule has 0 fully saturated rings. The minimum absolute atomic E-state index is 0.682. The van der Waals surface area contributed by atoms with Crippen molar-refractivity contribution in [2.24, 2.45) is 0 Å². The lowest BCUT2D eigenvalue weighted by molar-refractivity contribution is 1.03. The number of aromatic nitrogens is 2. The van der Waals surface area contributed by atoms with Crippen LogP contribution in [0, 0.1) is 0 Å². The minimum atomic E-state index is 0.682. The van der Waals surface area contributed by atoms with Gasteiger partial charge in [-0.05, 0) is 39.1 Å². The van der Waals surface area contributed by atoms with Crippen molar-refractivity contribution >= 4 is 39.1 Å². The molecule has 1 aromatic heterocycles. The molecule has 0 aliphatic rings. The predicted molar refractivity (Wildman–Crippen MR) is 61.9 cm³/mol. The molecule has 2 aromatic rings. The fourth-order valence-electron chi connectivity index (χ4n) is 1.12. The van der Waals surface area contributed by atoms with Crippen LogP contribution in [0.1, 0.15) is 11.4 Å². The number of benzene rings is 1. The smallest absolute Gasteiger partial charge is 0.179 e. The second-order valence-corrected chi connectivity index (χ2v) is 5.17. The maximum absolute atomic E-state index is 6.02. The second-order valence-electron chi connectivity index (χ2n) is 2.73. The van der Waals surface area contributed by atoms with Gasteiger partial charge in [0.1, 0.15) is 5.82 Å². The van der Waals surface area contributed by atoms with Crippen LogP contribution in [-0.4, -0.2) is 9.36 Å². The Morgan fingerprint density at radius 3 is 2.79 bits per heavy atom. The molecule has 1 heterocycles. The first-order valence-electron chi connectivity index (χ1n) is 3.97. The zero-order chi connectivity index (χ0) is 9.97. The summed E-state index contributed by atoms with van der Waals surface area (Å²) in [6.07, 6.45) is 0.682. The van der Waals surface area contributed by atoms with E-state index in [1.165, 1.54) is 11.5 Å². The van der Waals surface area contributed by atoms with Crippen molar-refractivity contribution in [2.45, 2.75) is 6.42 Å². The van der Waals surface area contributed by atoms with Gasteiger partial charge in [0.05, 0.1) is 0 Å². The monoisotopic (exact) mass is 288 g/mol. The van der Waals surface area contributed by atoms with Gasteiger partial charge in [0, 0.05) is 11.4 Å². The molecule has 1 aromatic carbocycles. The van der Waals surface area contributed by atoms with Gasteiger partial charge in [-0.15, -0.1) is 0 Å². The SMILES string of the molecule is Clc1ccccc1Cc1nsc(Br)n1. The summed E-state index contributed by atoms with van der Waals surface area (Å²) in [7, 11) is 0. The third-order valence-electron chi connectivity index (χ3n) is 1.75. The van der Waals surface area contributed by atoms with Crippen molar-refractivity contribution in [1.29, 1.82) is 0 Å². The van der Waals surface area contributed by atoms with Gasteiger partial charge < -0.3 is 0 Å².